The Morgan fingerprint density at radius 2 is 1.80 bits per heavy atom. The average molecular weight is 300 g/mol. The van der Waals surface area contributed by atoms with Crippen LogP contribution in [0.3, 0.4) is 0 Å². The Balaban J connectivity index is 0.00000200. The van der Waals surface area contributed by atoms with Gasteiger partial charge in [0, 0.05) is 6.54 Å². The number of carbonyl (C=O) groups is 1. The Morgan fingerprint density at radius 3 is 2.40 bits per heavy atom. The van der Waals surface area contributed by atoms with Gasteiger partial charge in [-0.3, -0.25) is 9.69 Å². The molecule has 112 valence electrons. The van der Waals surface area contributed by atoms with Crippen molar-refractivity contribution in [2.45, 2.75) is 25.7 Å². The highest BCUT2D eigenvalue weighted by molar-refractivity contribution is 5.85. The Hall–Kier alpha value is -1.26. The first-order valence-electron chi connectivity index (χ1n) is 6.90. The van der Waals surface area contributed by atoms with Gasteiger partial charge in [-0.1, -0.05) is 18.6 Å². The fourth-order valence-electron chi connectivity index (χ4n) is 2.35. The van der Waals surface area contributed by atoms with Gasteiger partial charge in [-0.2, -0.15) is 0 Å². The Morgan fingerprint density at radius 1 is 1.15 bits per heavy atom. The molecule has 0 aliphatic carbocycles. The lowest BCUT2D eigenvalue weighted by Crippen LogP contribution is -2.33. The monoisotopic (exact) mass is 299 g/mol. The van der Waals surface area contributed by atoms with Crippen LogP contribution >= 0.6 is 12.4 Å². The molecule has 0 bridgehead atoms. The lowest BCUT2D eigenvalue weighted by Gasteiger charge is -2.26. The number of piperidine rings is 1. The summed E-state index contributed by atoms with van der Waals surface area (Å²) < 4.78 is 5.68. The second-order valence-corrected chi connectivity index (χ2v) is 4.97. The van der Waals surface area contributed by atoms with Gasteiger partial charge in [-0.25, -0.2) is 0 Å². The molecule has 0 unspecified atom stereocenters. The molecule has 1 aromatic carbocycles. The normalized spacial score (nSPS) is 15.4. The van der Waals surface area contributed by atoms with Crippen LogP contribution in [-0.2, 0) is 11.2 Å². The topological polar surface area (TPSA) is 49.8 Å². The molecule has 0 radical (unpaired) electrons. The molecule has 20 heavy (non-hydrogen) atoms. The number of aliphatic carboxylic acids is 1. The number of carboxylic acids is 1. The number of carboxylic acid groups (broad SMARTS) is 1. The molecule has 0 saturated carbocycles. The van der Waals surface area contributed by atoms with E-state index >= 15 is 0 Å². The molecule has 0 spiro atoms. The van der Waals surface area contributed by atoms with Crippen LogP contribution in [0.25, 0.3) is 0 Å². The van der Waals surface area contributed by atoms with E-state index < -0.39 is 5.97 Å². The van der Waals surface area contributed by atoms with Gasteiger partial charge in [0.2, 0.25) is 0 Å². The Kier molecular flexibility index (Phi) is 7.41. The van der Waals surface area contributed by atoms with Crippen molar-refractivity contribution < 1.29 is 14.6 Å². The summed E-state index contributed by atoms with van der Waals surface area (Å²) in [5.74, 6) is 0.00455. The van der Waals surface area contributed by atoms with Crippen LogP contribution < -0.4 is 4.74 Å². The maximum Gasteiger partial charge on any atom is 0.307 e. The van der Waals surface area contributed by atoms with Crippen molar-refractivity contribution in [1.82, 2.24) is 4.90 Å². The maximum atomic E-state index is 10.6. The highest BCUT2D eigenvalue weighted by Gasteiger charge is 2.09. The standard InChI is InChI=1S/C15H21NO3.ClH/c17-15(18)12-13-4-6-14(7-5-13)19-11-10-16-8-2-1-3-9-16;/h4-7H,1-3,8-12H2,(H,17,18);1H. The summed E-state index contributed by atoms with van der Waals surface area (Å²) in [5.41, 5.74) is 0.802. The van der Waals surface area contributed by atoms with E-state index in [-0.39, 0.29) is 18.8 Å². The number of benzene rings is 1. The number of likely N-dealkylation sites (tertiary alicyclic amines) is 1. The molecule has 1 heterocycles. The molecule has 2 rings (SSSR count). The zero-order valence-corrected chi connectivity index (χ0v) is 12.4. The van der Waals surface area contributed by atoms with Crippen molar-refractivity contribution in [3.8, 4) is 5.75 Å². The third-order valence-corrected chi connectivity index (χ3v) is 3.40. The number of halogens is 1. The first-order chi connectivity index (χ1) is 9.24. The van der Waals surface area contributed by atoms with Crippen molar-refractivity contribution in [3.63, 3.8) is 0 Å². The molecule has 1 saturated heterocycles. The molecule has 0 amide bonds. The molecule has 0 atom stereocenters. The highest BCUT2D eigenvalue weighted by Crippen LogP contribution is 2.13. The number of nitrogens with zero attached hydrogens (tertiary/aromatic N) is 1. The molecule has 1 aromatic rings. The predicted octanol–water partition coefficient (Wildman–Crippen LogP) is 2.60. The minimum Gasteiger partial charge on any atom is -0.492 e. The molecular weight excluding hydrogens is 278 g/mol. The fraction of sp³-hybridized carbons (Fsp3) is 0.533. The van der Waals surface area contributed by atoms with Crippen LogP contribution in [0.5, 0.6) is 5.75 Å². The van der Waals surface area contributed by atoms with E-state index in [4.69, 9.17) is 9.84 Å². The third-order valence-electron chi connectivity index (χ3n) is 3.40. The van der Waals surface area contributed by atoms with E-state index in [1.54, 1.807) is 0 Å². The fourth-order valence-corrected chi connectivity index (χ4v) is 2.35. The number of rotatable bonds is 6. The van der Waals surface area contributed by atoms with Crippen molar-refractivity contribution in [1.29, 1.82) is 0 Å². The first-order valence-corrected chi connectivity index (χ1v) is 6.90. The van der Waals surface area contributed by atoms with E-state index in [1.807, 2.05) is 24.3 Å². The summed E-state index contributed by atoms with van der Waals surface area (Å²) >= 11 is 0. The molecule has 1 fully saturated rings. The summed E-state index contributed by atoms with van der Waals surface area (Å²) in [5, 5.41) is 8.69. The van der Waals surface area contributed by atoms with E-state index in [0.717, 1.165) is 17.9 Å². The van der Waals surface area contributed by atoms with Gasteiger partial charge in [-0.15, -0.1) is 12.4 Å². The average Bonchev–Trinajstić information content (AvgIpc) is 2.41. The van der Waals surface area contributed by atoms with Gasteiger partial charge < -0.3 is 9.84 Å². The number of hydrogen-bond donors (Lipinski definition) is 1. The zero-order chi connectivity index (χ0) is 13.5. The molecule has 1 aliphatic heterocycles. The largest absolute Gasteiger partial charge is 0.492 e. The van der Waals surface area contributed by atoms with Crippen molar-refractivity contribution in [3.05, 3.63) is 29.8 Å². The lowest BCUT2D eigenvalue weighted by atomic mass is 10.1. The summed E-state index contributed by atoms with van der Waals surface area (Å²) in [7, 11) is 0. The maximum absolute atomic E-state index is 10.6. The Bertz CT molecular complexity index is 402. The summed E-state index contributed by atoms with van der Waals surface area (Å²) in [6.07, 6.45) is 4.00. The van der Waals surface area contributed by atoms with Crippen LogP contribution in [0.1, 0.15) is 24.8 Å². The van der Waals surface area contributed by atoms with Gasteiger partial charge in [0.25, 0.3) is 0 Å². The summed E-state index contributed by atoms with van der Waals surface area (Å²) in [6.45, 7) is 4.02. The van der Waals surface area contributed by atoms with Gasteiger partial charge in [-0.05, 0) is 43.6 Å². The van der Waals surface area contributed by atoms with Crippen LogP contribution in [0.4, 0.5) is 0 Å². The minimum absolute atomic E-state index is 0. The lowest BCUT2D eigenvalue weighted by molar-refractivity contribution is -0.136. The predicted molar refractivity (Wildman–Crippen MR) is 80.8 cm³/mol. The zero-order valence-electron chi connectivity index (χ0n) is 11.6. The molecule has 4 nitrogen and oxygen atoms in total. The van der Waals surface area contributed by atoms with Crippen LogP contribution in [0.15, 0.2) is 24.3 Å². The quantitative estimate of drug-likeness (QED) is 0.877. The van der Waals surface area contributed by atoms with Crippen LogP contribution in [0, 0.1) is 0 Å². The van der Waals surface area contributed by atoms with Crippen molar-refractivity contribution >= 4 is 18.4 Å². The molecule has 1 aliphatic rings. The van der Waals surface area contributed by atoms with Crippen LogP contribution in [0.2, 0.25) is 0 Å². The number of ether oxygens (including phenoxy) is 1. The molecule has 5 heteroatoms. The van der Waals surface area contributed by atoms with Crippen molar-refractivity contribution in [2.75, 3.05) is 26.2 Å². The summed E-state index contributed by atoms with van der Waals surface area (Å²) in [4.78, 5) is 13.0. The van der Waals surface area contributed by atoms with Gasteiger partial charge in [0.15, 0.2) is 0 Å². The smallest absolute Gasteiger partial charge is 0.307 e. The van der Waals surface area contributed by atoms with Crippen LogP contribution in [-0.4, -0.2) is 42.2 Å². The summed E-state index contributed by atoms with van der Waals surface area (Å²) in [6, 6.07) is 7.30. The third kappa shape index (κ3) is 5.80. The van der Waals surface area contributed by atoms with E-state index in [0.29, 0.717) is 6.61 Å². The molecule has 0 aromatic heterocycles. The second-order valence-electron chi connectivity index (χ2n) is 4.97. The highest BCUT2D eigenvalue weighted by atomic mass is 35.5. The first kappa shape index (κ1) is 16.8. The van der Waals surface area contributed by atoms with E-state index in [2.05, 4.69) is 4.90 Å². The number of hydrogen-bond acceptors (Lipinski definition) is 3. The Labute approximate surface area is 126 Å². The van der Waals surface area contributed by atoms with Gasteiger partial charge in [0.1, 0.15) is 12.4 Å². The van der Waals surface area contributed by atoms with Gasteiger partial charge in [0.05, 0.1) is 6.42 Å². The van der Waals surface area contributed by atoms with Gasteiger partial charge >= 0.3 is 5.97 Å². The molecular formula is C15H22ClNO3. The SMILES string of the molecule is Cl.O=C(O)Cc1ccc(OCCN2CCCCC2)cc1. The van der Waals surface area contributed by atoms with E-state index in [9.17, 15) is 4.79 Å². The molecule has 1 N–H and O–H groups in total. The van der Waals surface area contributed by atoms with E-state index in [1.165, 1.54) is 32.4 Å². The minimum atomic E-state index is -0.807. The van der Waals surface area contributed by atoms with Crippen molar-refractivity contribution in [2.24, 2.45) is 0 Å². The second kappa shape index (κ2) is 8.82.